The van der Waals surface area contributed by atoms with Gasteiger partial charge in [0.1, 0.15) is 11.5 Å². The van der Waals surface area contributed by atoms with E-state index in [1.54, 1.807) is 6.92 Å². The Hall–Kier alpha value is -0.793. The number of carboxylic acids is 1. The molecule has 0 aliphatic carbocycles. The lowest BCUT2D eigenvalue weighted by Gasteiger charge is -2.40. The Kier molecular flexibility index (Phi) is 5.22. The van der Waals surface area contributed by atoms with Crippen molar-refractivity contribution < 1.29 is 14.3 Å². The maximum absolute atomic E-state index is 10.7. The normalized spacial score (nSPS) is 14.7. The van der Waals surface area contributed by atoms with Crippen LogP contribution in [-0.2, 0) is 9.22 Å². The van der Waals surface area contributed by atoms with Gasteiger partial charge in [-0.15, -0.1) is 0 Å². The molecule has 0 aliphatic rings. The third-order valence-corrected chi connectivity index (χ3v) is 7.91. The van der Waals surface area contributed by atoms with E-state index < -0.39 is 25.8 Å². The van der Waals surface area contributed by atoms with Gasteiger partial charge in [-0.1, -0.05) is 32.6 Å². The monoisotopic (exact) mass is 270 g/mol. The molecule has 104 valence electrons. The Bertz CT molecular complexity index is 367. The Labute approximate surface area is 112 Å². The Balaban J connectivity index is 4.93. The second-order valence-corrected chi connectivity index (χ2v) is 11.4. The number of aliphatic carboxylic acids is 1. The van der Waals surface area contributed by atoms with Crippen LogP contribution in [0.3, 0.4) is 0 Å². The van der Waals surface area contributed by atoms with Gasteiger partial charge in [-0.05, 0) is 38.9 Å². The quantitative estimate of drug-likeness (QED) is 0.630. The Morgan fingerprint density at radius 3 is 2.00 bits per heavy atom. The minimum absolute atomic E-state index is 0.115. The largest absolute Gasteiger partial charge is 0.480 e. The maximum Gasteiger partial charge on any atom is 0.318 e. The average Bonchev–Trinajstić information content (AvgIpc) is 2.10. The summed E-state index contributed by atoms with van der Waals surface area (Å²) in [5, 5.41) is 8.92. The van der Waals surface area contributed by atoms with Gasteiger partial charge in [-0.25, -0.2) is 0 Å². The topological polar surface area (TPSA) is 46.5 Å². The second kappa shape index (κ2) is 5.46. The molecular formula is C14H26O3Si. The summed E-state index contributed by atoms with van der Waals surface area (Å²) in [6.45, 7) is 16.2. The first-order valence-electron chi connectivity index (χ1n) is 6.24. The highest BCUT2D eigenvalue weighted by Crippen LogP contribution is 2.38. The molecule has 18 heavy (non-hydrogen) atoms. The van der Waals surface area contributed by atoms with Gasteiger partial charge in [0.25, 0.3) is 0 Å². The lowest BCUT2D eigenvalue weighted by Crippen LogP contribution is -2.47. The number of carboxylic acid groups (broad SMARTS) is 1. The Morgan fingerprint density at radius 2 is 1.67 bits per heavy atom. The van der Waals surface area contributed by atoms with Crippen molar-refractivity contribution in [2.45, 2.75) is 65.3 Å². The zero-order valence-corrected chi connectivity index (χ0v) is 13.8. The fraction of sp³-hybridized carbons (Fsp3) is 0.786. The van der Waals surface area contributed by atoms with Crippen molar-refractivity contribution in [2.24, 2.45) is 5.92 Å². The van der Waals surface area contributed by atoms with Crippen LogP contribution in [0.15, 0.2) is 0 Å². The fourth-order valence-electron chi connectivity index (χ4n) is 1.16. The predicted molar refractivity (Wildman–Crippen MR) is 76.9 cm³/mol. The van der Waals surface area contributed by atoms with Gasteiger partial charge in [-0.3, -0.25) is 4.79 Å². The molecular weight excluding hydrogens is 244 g/mol. The van der Waals surface area contributed by atoms with Crippen LogP contribution >= 0.6 is 0 Å². The molecule has 0 heterocycles. The summed E-state index contributed by atoms with van der Waals surface area (Å²) in [6, 6.07) is 0. The van der Waals surface area contributed by atoms with E-state index in [0.717, 1.165) is 0 Å². The van der Waals surface area contributed by atoms with Crippen LogP contribution in [0.1, 0.15) is 41.5 Å². The van der Waals surface area contributed by atoms with Crippen LogP contribution in [0, 0.1) is 17.8 Å². The lowest BCUT2D eigenvalue weighted by molar-refractivity contribution is -0.139. The number of rotatable bonds is 3. The second-order valence-electron chi connectivity index (χ2n) is 6.70. The van der Waals surface area contributed by atoms with Crippen molar-refractivity contribution in [1.29, 1.82) is 0 Å². The summed E-state index contributed by atoms with van der Waals surface area (Å²) in [5.74, 6) is 4.14. The SMILES string of the molecule is C[C@H](C#CC(C)(C)O[Si](C)(C)C(C)(C)C)C(=O)O. The summed E-state index contributed by atoms with van der Waals surface area (Å²) in [6.07, 6.45) is 0. The van der Waals surface area contributed by atoms with Crippen molar-refractivity contribution in [3.63, 3.8) is 0 Å². The van der Waals surface area contributed by atoms with Crippen LogP contribution < -0.4 is 0 Å². The van der Waals surface area contributed by atoms with Crippen molar-refractivity contribution >= 4 is 14.3 Å². The molecule has 0 aromatic carbocycles. The summed E-state index contributed by atoms with van der Waals surface area (Å²) >= 11 is 0. The van der Waals surface area contributed by atoms with Gasteiger partial charge in [0.15, 0.2) is 8.32 Å². The molecule has 1 N–H and O–H groups in total. The molecule has 0 amide bonds. The first kappa shape index (κ1) is 17.2. The van der Waals surface area contributed by atoms with E-state index in [4.69, 9.17) is 9.53 Å². The Morgan fingerprint density at radius 1 is 1.22 bits per heavy atom. The lowest BCUT2D eigenvalue weighted by atomic mass is 10.1. The van der Waals surface area contributed by atoms with Crippen LogP contribution in [0.2, 0.25) is 18.1 Å². The van der Waals surface area contributed by atoms with Crippen LogP contribution in [0.25, 0.3) is 0 Å². The molecule has 0 saturated heterocycles. The van der Waals surface area contributed by atoms with Gasteiger partial charge in [0.2, 0.25) is 0 Å². The van der Waals surface area contributed by atoms with E-state index in [1.807, 2.05) is 13.8 Å². The first-order valence-corrected chi connectivity index (χ1v) is 9.15. The predicted octanol–water partition coefficient (Wildman–Crippen LogP) is 3.51. The average molecular weight is 270 g/mol. The summed E-state index contributed by atoms with van der Waals surface area (Å²) in [4.78, 5) is 10.7. The molecule has 0 unspecified atom stereocenters. The van der Waals surface area contributed by atoms with Crippen LogP contribution in [0.4, 0.5) is 0 Å². The zero-order chi connectivity index (χ0) is 14.8. The highest BCUT2D eigenvalue weighted by Gasteiger charge is 2.40. The van der Waals surface area contributed by atoms with E-state index in [9.17, 15) is 4.79 Å². The molecule has 0 fully saturated rings. The number of hydrogen-bond donors (Lipinski definition) is 1. The maximum atomic E-state index is 10.7. The molecule has 1 atom stereocenters. The van der Waals surface area contributed by atoms with E-state index in [-0.39, 0.29) is 5.04 Å². The van der Waals surface area contributed by atoms with Crippen LogP contribution in [0.5, 0.6) is 0 Å². The standard InChI is InChI=1S/C14H26O3Si/c1-11(12(15)16)9-10-14(5,6)17-18(7,8)13(2,3)4/h11H,1-8H3,(H,15,16)/t11-/m1/s1. The molecule has 0 rings (SSSR count). The molecule has 0 bridgehead atoms. The first-order chi connectivity index (χ1) is 7.78. The molecule has 0 saturated carbocycles. The van der Waals surface area contributed by atoms with E-state index >= 15 is 0 Å². The van der Waals surface area contributed by atoms with E-state index in [2.05, 4.69) is 45.7 Å². The zero-order valence-electron chi connectivity index (χ0n) is 12.8. The molecule has 4 heteroatoms. The number of carbonyl (C=O) groups is 1. The van der Waals surface area contributed by atoms with Crippen molar-refractivity contribution in [2.75, 3.05) is 0 Å². The van der Waals surface area contributed by atoms with Gasteiger partial charge < -0.3 is 9.53 Å². The minimum atomic E-state index is -1.89. The summed E-state index contributed by atoms with van der Waals surface area (Å²) in [7, 11) is -1.89. The van der Waals surface area contributed by atoms with Gasteiger partial charge in [0.05, 0.1) is 0 Å². The molecule has 0 aromatic heterocycles. The smallest absolute Gasteiger partial charge is 0.318 e. The van der Waals surface area contributed by atoms with E-state index in [1.165, 1.54) is 0 Å². The molecule has 0 aromatic rings. The van der Waals surface area contributed by atoms with Gasteiger partial charge in [0, 0.05) is 0 Å². The van der Waals surface area contributed by atoms with Gasteiger partial charge in [-0.2, -0.15) is 0 Å². The van der Waals surface area contributed by atoms with Crippen LogP contribution in [-0.4, -0.2) is 25.0 Å². The van der Waals surface area contributed by atoms with Gasteiger partial charge >= 0.3 is 5.97 Å². The molecule has 3 nitrogen and oxygen atoms in total. The summed E-state index contributed by atoms with van der Waals surface area (Å²) in [5.41, 5.74) is -0.604. The third kappa shape index (κ3) is 5.24. The summed E-state index contributed by atoms with van der Waals surface area (Å²) < 4.78 is 6.19. The highest BCUT2D eigenvalue weighted by atomic mass is 28.4. The third-order valence-electron chi connectivity index (χ3n) is 3.28. The molecule has 0 radical (unpaired) electrons. The van der Waals surface area contributed by atoms with Crippen molar-refractivity contribution in [3.05, 3.63) is 0 Å². The van der Waals surface area contributed by atoms with Crippen molar-refractivity contribution in [1.82, 2.24) is 0 Å². The minimum Gasteiger partial charge on any atom is -0.480 e. The fourth-order valence-corrected chi connectivity index (χ4v) is 2.79. The highest BCUT2D eigenvalue weighted by molar-refractivity contribution is 6.74. The molecule has 0 spiro atoms. The number of hydrogen-bond acceptors (Lipinski definition) is 2. The van der Waals surface area contributed by atoms with E-state index in [0.29, 0.717) is 0 Å². The van der Waals surface area contributed by atoms with Crippen molar-refractivity contribution in [3.8, 4) is 11.8 Å². The molecule has 0 aliphatic heterocycles.